The average Bonchev–Trinajstić information content (AvgIpc) is 2.51. The number of ether oxygens (including phenoxy) is 1. The zero-order valence-corrected chi connectivity index (χ0v) is 17.2. The van der Waals surface area contributed by atoms with Gasteiger partial charge in [-0.3, -0.25) is 4.79 Å². The van der Waals surface area contributed by atoms with E-state index < -0.39 is 12.1 Å². The number of unbranched alkanes of at least 4 members (excludes halogenated alkanes) is 3. The first-order valence-corrected chi connectivity index (χ1v) is 9.86. The third-order valence-electron chi connectivity index (χ3n) is 3.95. The van der Waals surface area contributed by atoms with Gasteiger partial charge in [-0.1, -0.05) is 44.1 Å². The Morgan fingerprint density at radius 1 is 1.12 bits per heavy atom. The standard InChI is InChI=1S/C21H39NO4/c1-5-6-7-8-9-10-11-12-13-14-19(23)15-16-26-20(17-21(24)25)18-22(2,3)4/h9-10,12-13,19-20,23H,5-8,11,14-18H2,1-4H3/p+1/t19?,20-/m1/s1. The van der Waals surface area contributed by atoms with Crippen LogP contribution in [0.5, 0.6) is 0 Å². The molecule has 26 heavy (non-hydrogen) atoms. The Hall–Kier alpha value is -1.17. The largest absolute Gasteiger partial charge is 0.481 e. The number of quaternary nitrogens is 1. The molecule has 0 fully saturated rings. The molecule has 0 bridgehead atoms. The maximum atomic E-state index is 10.9. The Morgan fingerprint density at radius 2 is 1.81 bits per heavy atom. The van der Waals surface area contributed by atoms with Crippen molar-refractivity contribution >= 4 is 5.97 Å². The van der Waals surface area contributed by atoms with Crippen LogP contribution in [0.3, 0.4) is 0 Å². The van der Waals surface area contributed by atoms with Gasteiger partial charge in [-0.2, -0.15) is 0 Å². The fraction of sp³-hybridized carbons (Fsp3) is 0.762. The van der Waals surface area contributed by atoms with Gasteiger partial charge in [0.05, 0.1) is 33.7 Å². The van der Waals surface area contributed by atoms with E-state index in [0.717, 1.165) is 12.8 Å². The Balaban J connectivity index is 3.92. The van der Waals surface area contributed by atoms with E-state index in [2.05, 4.69) is 25.2 Å². The summed E-state index contributed by atoms with van der Waals surface area (Å²) in [6.07, 6.45) is 14.7. The fourth-order valence-corrected chi connectivity index (χ4v) is 2.62. The zero-order valence-electron chi connectivity index (χ0n) is 17.2. The number of rotatable bonds is 16. The number of nitrogens with zero attached hydrogens (tertiary/aromatic N) is 1. The summed E-state index contributed by atoms with van der Waals surface area (Å²) in [5.74, 6) is -0.852. The van der Waals surface area contributed by atoms with Gasteiger partial charge in [0.15, 0.2) is 0 Å². The molecule has 0 radical (unpaired) electrons. The van der Waals surface area contributed by atoms with Crippen molar-refractivity contribution in [3.05, 3.63) is 24.3 Å². The summed E-state index contributed by atoms with van der Waals surface area (Å²) in [6, 6.07) is 0. The van der Waals surface area contributed by atoms with E-state index in [1.165, 1.54) is 19.3 Å². The summed E-state index contributed by atoms with van der Waals surface area (Å²) in [5, 5.41) is 19.0. The Kier molecular flexibility index (Phi) is 14.3. The summed E-state index contributed by atoms with van der Waals surface area (Å²) in [7, 11) is 6.03. The first-order valence-electron chi connectivity index (χ1n) is 9.86. The lowest BCUT2D eigenvalue weighted by Crippen LogP contribution is -2.43. The van der Waals surface area contributed by atoms with Gasteiger partial charge >= 0.3 is 5.97 Å². The predicted molar refractivity (Wildman–Crippen MR) is 107 cm³/mol. The van der Waals surface area contributed by atoms with E-state index in [9.17, 15) is 9.90 Å². The highest BCUT2D eigenvalue weighted by atomic mass is 16.5. The molecular weight excluding hydrogens is 330 g/mol. The van der Waals surface area contributed by atoms with Crippen LogP contribution < -0.4 is 0 Å². The number of carboxylic acids is 1. The minimum Gasteiger partial charge on any atom is -0.481 e. The number of hydrogen-bond acceptors (Lipinski definition) is 3. The minimum atomic E-state index is -0.852. The van der Waals surface area contributed by atoms with E-state index in [1.54, 1.807) is 0 Å². The predicted octanol–water partition coefficient (Wildman–Crippen LogP) is 3.78. The molecule has 0 saturated heterocycles. The molecule has 0 aliphatic carbocycles. The summed E-state index contributed by atoms with van der Waals surface area (Å²) in [6.45, 7) is 3.22. The maximum Gasteiger partial charge on any atom is 0.306 e. The number of carbonyl (C=O) groups is 1. The first-order chi connectivity index (χ1) is 12.2. The monoisotopic (exact) mass is 370 g/mol. The van der Waals surface area contributed by atoms with E-state index in [4.69, 9.17) is 9.84 Å². The second-order valence-electron chi connectivity index (χ2n) is 7.92. The van der Waals surface area contributed by atoms with Crippen LogP contribution in [0.2, 0.25) is 0 Å². The van der Waals surface area contributed by atoms with Gasteiger partial charge in [-0.25, -0.2) is 0 Å². The van der Waals surface area contributed by atoms with Crippen LogP contribution in [0.1, 0.15) is 58.3 Å². The van der Waals surface area contributed by atoms with Crippen LogP contribution in [0, 0.1) is 0 Å². The number of aliphatic carboxylic acids is 1. The quantitative estimate of drug-likeness (QED) is 0.246. The molecule has 0 aromatic rings. The van der Waals surface area contributed by atoms with Crippen molar-refractivity contribution in [1.82, 2.24) is 0 Å². The SMILES string of the molecule is CCCCCC=CCC=CCC(O)CCO[C@H](CC(=O)O)C[N+](C)(C)C. The van der Waals surface area contributed by atoms with Crippen LogP contribution in [0.15, 0.2) is 24.3 Å². The molecule has 0 aromatic heterocycles. The van der Waals surface area contributed by atoms with Crippen molar-refractivity contribution in [2.45, 2.75) is 70.5 Å². The van der Waals surface area contributed by atoms with Crippen molar-refractivity contribution in [2.24, 2.45) is 0 Å². The number of carboxylic acid groups (broad SMARTS) is 1. The number of hydrogen-bond donors (Lipinski definition) is 2. The summed E-state index contributed by atoms with van der Waals surface area (Å²) >= 11 is 0. The lowest BCUT2D eigenvalue weighted by atomic mass is 10.1. The zero-order chi connectivity index (χ0) is 19.8. The van der Waals surface area contributed by atoms with Crippen LogP contribution in [0.4, 0.5) is 0 Å². The van der Waals surface area contributed by atoms with E-state index in [1.807, 2.05) is 27.2 Å². The molecule has 1 unspecified atom stereocenters. The highest BCUT2D eigenvalue weighted by Crippen LogP contribution is 2.08. The van der Waals surface area contributed by atoms with Crippen LogP contribution in [-0.4, -0.2) is 67.2 Å². The molecule has 2 N–H and O–H groups in total. The van der Waals surface area contributed by atoms with E-state index in [0.29, 0.717) is 30.5 Å². The molecule has 0 amide bonds. The molecule has 0 spiro atoms. The van der Waals surface area contributed by atoms with Crippen molar-refractivity contribution in [1.29, 1.82) is 0 Å². The van der Waals surface area contributed by atoms with Gasteiger partial charge in [0.1, 0.15) is 12.6 Å². The average molecular weight is 371 g/mol. The van der Waals surface area contributed by atoms with Gasteiger partial charge in [0.25, 0.3) is 0 Å². The van der Waals surface area contributed by atoms with Gasteiger partial charge in [-0.05, 0) is 32.1 Å². The molecule has 0 rings (SSSR count). The molecule has 0 saturated carbocycles. The number of likely N-dealkylation sites (N-methyl/N-ethyl adjacent to an activating group) is 1. The number of aliphatic hydroxyl groups excluding tert-OH is 1. The molecule has 0 aromatic carbocycles. The highest BCUT2D eigenvalue weighted by molar-refractivity contribution is 5.67. The smallest absolute Gasteiger partial charge is 0.306 e. The van der Waals surface area contributed by atoms with Crippen LogP contribution in [0.25, 0.3) is 0 Å². The molecule has 5 heteroatoms. The summed E-state index contributed by atoms with van der Waals surface area (Å²) < 4.78 is 6.35. The molecule has 2 atom stereocenters. The van der Waals surface area contributed by atoms with Crippen molar-refractivity contribution in [3.63, 3.8) is 0 Å². The van der Waals surface area contributed by atoms with Crippen molar-refractivity contribution in [2.75, 3.05) is 34.3 Å². The summed E-state index contributed by atoms with van der Waals surface area (Å²) in [5.41, 5.74) is 0. The van der Waals surface area contributed by atoms with Gasteiger partial charge in [0.2, 0.25) is 0 Å². The third-order valence-corrected chi connectivity index (χ3v) is 3.95. The molecule has 0 aliphatic heterocycles. The minimum absolute atomic E-state index is 0.00386. The third kappa shape index (κ3) is 17.6. The van der Waals surface area contributed by atoms with E-state index >= 15 is 0 Å². The fourth-order valence-electron chi connectivity index (χ4n) is 2.62. The number of allylic oxidation sites excluding steroid dienone is 3. The van der Waals surface area contributed by atoms with E-state index in [-0.39, 0.29) is 12.5 Å². The second-order valence-corrected chi connectivity index (χ2v) is 7.92. The summed E-state index contributed by atoms with van der Waals surface area (Å²) in [4.78, 5) is 10.9. The topological polar surface area (TPSA) is 66.8 Å². The molecular formula is C21H40NO4+. The molecule has 152 valence electrons. The lowest BCUT2D eigenvalue weighted by molar-refractivity contribution is -0.873. The highest BCUT2D eigenvalue weighted by Gasteiger charge is 2.21. The first kappa shape index (κ1) is 24.8. The van der Waals surface area contributed by atoms with Crippen LogP contribution in [-0.2, 0) is 9.53 Å². The lowest BCUT2D eigenvalue weighted by Gasteiger charge is -2.28. The van der Waals surface area contributed by atoms with Crippen LogP contribution >= 0.6 is 0 Å². The molecule has 5 nitrogen and oxygen atoms in total. The second kappa shape index (κ2) is 14.9. The van der Waals surface area contributed by atoms with Crippen molar-refractivity contribution < 1.29 is 24.2 Å². The molecule has 0 aliphatic rings. The number of aliphatic hydroxyl groups is 1. The van der Waals surface area contributed by atoms with Crippen molar-refractivity contribution in [3.8, 4) is 0 Å². The normalized spacial score (nSPS) is 15.0. The van der Waals surface area contributed by atoms with Gasteiger partial charge < -0.3 is 19.4 Å². The molecule has 0 heterocycles. The Morgan fingerprint density at radius 3 is 2.42 bits per heavy atom. The Bertz CT molecular complexity index is 413. The Labute approximate surface area is 159 Å². The van der Waals surface area contributed by atoms with Gasteiger partial charge in [-0.15, -0.1) is 0 Å². The van der Waals surface area contributed by atoms with Gasteiger partial charge in [0, 0.05) is 6.61 Å². The maximum absolute atomic E-state index is 10.9.